The van der Waals surface area contributed by atoms with E-state index in [0.29, 0.717) is 41.7 Å². The van der Waals surface area contributed by atoms with Gasteiger partial charge in [0.1, 0.15) is 10.6 Å². The lowest BCUT2D eigenvalue weighted by Gasteiger charge is -2.23. The van der Waals surface area contributed by atoms with E-state index in [1.807, 2.05) is 0 Å². The Kier molecular flexibility index (Phi) is 5.99. The van der Waals surface area contributed by atoms with Crippen LogP contribution in [0.4, 0.5) is 17.6 Å². The van der Waals surface area contributed by atoms with Crippen molar-refractivity contribution in [2.75, 3.05) is 0 Å². The SMILES string of the molecule is O=c1c2c3c(sc2ncn1Cc1ccc(F)cc1)C[C@@H](NCc1cccc(C(F)(F)F)c1)CC3. The number of nitrogens with zero attached hydrogens (tertiary/aromatic N) is 2. The highest BCUT2D eigenvalue weighted by Gasteiger charge is 2.30. The molecule has 4 aromatic rings. The molecule has 0 saturated carbocycles. The van der Waals surface area contributed by atoms with Gasteiger partial charge in [0.25, 0.3) is 5.56 Å². The number of nitrogens with one attached hydrogen (secondary N) is 1. The summed E-state index contributed by atoms with van der Waals surface area (Å²) in [7, 11) is 0. The molecule has 0 saturated heterocycles. The molecule has 0 radical (unpaired) electrons. The van der Waals surface area contributed by atoms with Gasteiger partial charge in [-0.3, -0.25) is 9.36 Å². The zero-order valence-electron chi connectivity index (χ0n) is 18.0. The molecule has 0 unspecified atom stereocenters. The maximum absolute atomic E-state index is 13.2. The molecule has 1 aliphatic carbocycles. The highest BCUT2D eigenvalue weighted by molar-refractivity contribution is 7.18. The summed E-state index contributed by atoms with van der Waals surface area (Å²) in [4.78, 5) is 19.5. The first-order valence-electron chi connectivity index (χ1n) is 10.9. The zero-order chi connectivity index (χ0) is 23.9. The molecule has 9 heteroatoms. The van der Waals surface area contributed by atoms with Crippen molar-refractivity contribution in [3.63, 3.8) is 0 Å². The fraction of sp³-hybridized carbons (Fsp3) is 0.280. The molecule has 0 amide bonds. The van der Waals surface area contributed by atoms with Crippen molar-refractivity contribution in [2.24, 2.45) is 0 Å². The van der Waals surface area contributed by atoms with Crippen LogP contribution in [0.2, 0.25) is 0 Å². The number of rotatable bonds is 5. The zero-order valence-corrected chi connectivity index (χ0v) is 18.8. The first-order valence-corrected chi connectivity index (χ1v) is 11.7. The van der Waals surface area contributed by atoms with Crippen LogP contribution in [0.5, 0.6) is 0 Å². The van der Waals surface area contributed by atoms with E-state index < -0.39 is 11.7 Å². The highest BCUT2D eigenvalue weighted by atomic mass is 32.1. The van der Waals surface area contributed by atoms with E-state index in [1.54, 1.807) is 22.8 Å². The molecule has 1 aliphatic rings. The summed E-state index contributed by atoms with van der Waals surface area (Å²) in [5, 5.41) is 4.01. The molecule has 1 atom stereocenters. The first-order chi connectivity index (χ1) is 16.3. The summed E-state index contributed by atoms with van der Waals surface area (Å²) in [5.74, 6) is -0.326. The molecule has 0 aliphatic heterocycles. The van der Waals surface area contributed by atoms with E-state index in [1.165, 1.54) is 41.9 Å². The minimum Gasteiger partial charge on any atom is -0.310 e. The molecule has 0 spiro atoms. The number of halogens is 4. The number of hydrogen-bond donors (Lipinski definition) is 1. The molecule has 2 aromatic heterocycles. The Morgan fingerprint density at radius 2 is 1.91 bits per heavy atom. The molecule has 1 N–H and O–H groups in total. The smallest absolute Gasteiger partial charge is 0.310 e. The number of aryl methyl sites for hydroxylation is 1. The maximum atomic E-state index is 13.2. The number of fused-ring (bicyclic) bond motifs is 3. The predicted octanol–water partition coefficient (Wildman–Crippen LogP) is 5.31. The first kappa shape index (κ1) is 22.7. The van der Waals surface area contributed by atoms with Crippen molar-refractivity contribution in [2.45, 2.75) is 44.6 Å². The van der Waals surface area contributed by atoms with E-state index in [2.05, 4.69) is 10.3 Å². The van der Waals surface area contributed by atoms with Gasteiger partial charge in [-0.15, -0.1) is 11.3 Å². The van der Waals surface area contributed by atoms with Gasteiger partial charge in [-0.05, 0) is 54.2 Å². The van der Waals surface area contributed by atoms with Crippen LogP contribution in [0.3, 0.4) is 0 Å². The van der Waals surface area contributed by atoms with Gasteiger partial charge in [-0.25, -0.2) is 9.37 Å². The third kappa shape index (κ3) is 4.63. The monoisotopic (exact) mass is 487 g/mol. The van der Waals surface area contributed by atoms with Crippen LogP contribution >= 0.6 is 11.3 Å². The third-order valence-corrected chi connectivity index (χ3v) is 7.31. The molecule has 0 bridgehead atoms. The van der Waals surface area contributed by atoms with Gasteiger partial charge < -0.3 is 5.32 Å². The fourth-order valence-corrected chi connectivity index (χ4v) is 5.65. The lowest BCUT2D eigenvalue weighted by atomic mass is 9.93. The Morgan fingerprint density at radius 1 is 1.12 bits per heavy atom. The molecule has 176 valence electrons. The Labute approximate surface area is 196 Å². The summed E-state index contributed by atoms with van der Waals surface area (Å²) >= 11 is 1.50. The second kappa shape index (κ2) is 8.96. The average Bonchev–Trinajstić information content (AvgIpc) is 3.19. The predicted molar refractivity (Wildman–Crippen MR) is 123 cm³/mol. The summed E-state index contributed by atoms with van der Waals surface area (Å²) in [6.45, 7) is 0.658. The molecular formula is C25H21F4N3OS. The summed E-state index contributed by atoms with van der Waals surface area (Å²) in [6, 6.07) is 11.5. The lowest BCUT2D eigenvalue weighted by Crippen LogP contribution is -2.34. The minimum atomic E-state index is -4.36. The third-order valence-electron chi connectivity index (χ3n) is 6.15. The Hall–Kier alpha value is -3.04. The van der Waals surface area contributed by atoms with Crippen molar-refractivity contribution in [1.82, 2.24) is 14.9 Å². The topological polar surface area (TPSA) is 46.9 Å². The number of benzene rings is 2. The minimum absolute atomic E-state index is 0.108. The number of hydrogen-bond acceptors (Lipinski definition) is 4. The second-order valence-electron chi connectivity index (χ2n) is 8.51. The lowest BCUT2D eigenvalue weighted by molar-refractivity contribution is -0.137. The van der Waals surface area contributed by atoms with Crippen LogP contribution in [0.15, 0.2) is 59.7 Å². The van der Waals surface area contributed by atoms with E-state index in [4.69, 9.17) is 0 Å². The molecule has 2 heterocycles. The molecule has 5 rings (SSSR count). The van der Waals surface area contributed by atoms with Gasteiger partial charge in [0.2, 0.25) is 0 Å². The van der Waals surface area contributed by atoms with E-state index in [-0.39, 0.29) is 17.4 Å². The van der Waals surface area contributed by atoms with Crippen LogP contribution in [0, 0.1) is 5.82 Å². The average molecular weight is 488 g/mol. The summed E-state index contributed by atoms with van der Waals surface area (Å²) < 4.78 is 53.6. The van der Waals surface area contributed by atoms with E-state index in [9.17, 15) is 22.4 Å². The normalized spacial score (nSPS) is 16.1. The Balaban J connectivity index is 1.32. The van der Waals surface area contributed by atoms with Crippen molar-refractivity contribution < 1.29 is 17.6 Å². The quantitative estimate of drug-likeness (QED) is 0.388. The fourth-order valence-electron chi connectivity index (χ4n) is 4.39. The van der Waals surface area contributed by atoms with E-state index in [0.717, 1.165) is 28.5 Å². The van der Waals surface area contributed by atoms with Crippen molar-refractivity contribution in [1.29, 1.82) is 0 Å². The van der Waals surface area contributed by atoms with Crippen LogP contribution in [0.1, 0.15) is 33.6 Å². The van der Waals surface area contributed by atoms with Crippen LogP contribution in [-0.2, 0) is 32.1 Å². The molecular weight excluding hydrogens is 466 g/mol. The van der Waals surface area contributed by atoms with Gasteiger partial charge in [0, 0.05) is 17.5 Å². The Bertz CT molecular complexity index is 1390. The maximum Gasteiger partial charge on any atom is 0.416 e. The highest BCUT2D eigenvalue weighted by Crippen LogP contribution is 2.34. The molecule has 0 fully saturated rings. The second-order valence-corrected chi connectivity index (χ2v) is 9.59. The summed E-state index contributed by atoms with van der Waals surface area (Å²) in [5.41, 5.74) is 1.66. The van der Waals surface area contributed by atoms with Crippen molar-refractivity contribution in [3.05, 3.63) is 98.2 Å². The van der Waals surface area contributed by atoms with Gasteiger partial charge in [-0.2, -0.15) is 13.2 Å². The number of thiophene rings is 1. The van der Waals surface area contributed by atoms with Crippen LogP contribution in [-0.4, -0.2) is 15.6 Å². The standard InChI is InChI=1S/C25H21F4N3OS/c26-18-6-4-15(5-7-18)13-32-14-31-23-22(24(32)33)20-9-8-19(11-21(20)34-23)30-12-16-2-1-3-17(10-16)25(27,28)29/h1-7,10,14,19,30H,8-9,11-13H2/t19-/m0/s1. The van der Waals surface area contributed by atoms with Gasteiger partial charge >= 0.3 is 6.18 Å². The largest absolute Gasteiger partial charge is 0.416 e. The number of alkyl halides is 3. The van der Waals surface area contributed by atoms with Crippen molar-refractivity contribution in [3.8, 4) is 0 Å². The van der Waals surface area contributed by atoms with Gasteiger partial charge in [0.05, 0.1) is 23.8 Å². The van der Waals surface area contributed by atoms with Crippen LogP contribution < -0.4 is 10.9 Å². The molecule has 34 heavy (non-hydrogen) atoms. The number of aromatic nitrogens is 2. The van der Waals surface area contributed by atoms with Crippen molar-refractivity contribution >= 4 is 21.6 Å². The summed E-state index contributed by atoms with van der Waals surface area (Å²) in [6.07, 6.45) is -0.646. The van der Waals surface area contributed by atoms with E-state index >= 15 is 0 Å². The van der Waals surface area contributed by atoms with Gasteiger partial charge in [0.15, 0.2) is 0 Å². The molecule has 2 aromatic carbocycles. The Morgan fingerprint density at radius 3 is 2.68 bits per heavy atom. The molecule has 4 nitrogen and oxygen atoms in total. The van der Waals surface area contributed by atoms with Crippen LogP contribution in [0.25, 0.3) is 10.2 Å². The van der Waals surface area contributed by atoms with Gasteiger partial charge in [-0.1, -0.05) is 30.3 Å².